The molecule has 78 valence electrons. The fourth-order valence-corrected chi connectivity index (χ4v) is 1.86. The largest absolute Gasteiger partial charge is 0.508 e. The number of fused-ring (bicyclic) bond motifs is 1. The van der Waals surface area contributed by atoms with E-state index < -0.39 is 0 Å². The molecule has 1 aromatic heterocycles. The summed E-state index contributed by atoms with van der Waals surface area (Å²) < 4.78 is 1.70. The van der Waals surface area contributed by atoms with Gasteiger partial charge in [-0.3, -0.25) is 4.79 Å². The Labute approximate surface area is 87.6 Å². The molecule has 0 fully saturated rings. The van der Waals surface area contributed by atoms with Crippen molar-refractivity contribution < 1.29 is 5.11 Å². The monoisotopic (exact) mass is 203 g/mol. The molecule has 0 aliphatic heterocycles. The lowest BCUT2D eigenvalue weighted by Crippen LogP contribution is -2.21. The summed E-state index contributed by atoms with van der Waals surface area (Å²) in [5, 5.41) is 10.8. The van der Waals surface area contributed by atoms with E-state index >= 15 is 0 Å². The van der Waals surface area contributed by atoms with E-state index in [-0.39, 0.29) is 11.3 Å². The minimum absolute atomic E-state index is 0.0385. The van der Waals surface area contributed by atoms with Gasteiger partial charge in [0, 0.05) is 12.2 Å². The molecule has 0 aliphatic rings. The lowest BCUT2D eigenvalue weighted by atomic mass is 10.1. The van der Waals surface area contributed by atoms with Crippen LogP contribution in [0.1, 0.15) is 12.6 Å². The molecule has 0 saturated carbocycles. The zero-order valence-corrected chi connectivity index (χ0v) is 8.82. The highest BCUT2D eigenvalue weighted by Crippen LogP contribution is 2.17. The number of pyridine rings is 1. The molecule has 0 aliphatic carbocycles. The highest BCUT2D eigenvalue weighted by atomic mass is 16.3. The number of nitrogens with zero attached hydrogens (tertiary/aromatic N) is 1. The molecule has 15 heavy (non-hydrogen) atoms. The van der Waals surface area contributed by atoms with Crippen molar-refractivity contribution in [1.82, 2.24) is 4.57 Å². The van der Waals surface area contributed by atoms with Crippen molar-refractivity contribution in [2.24, 2.45) is 0 Å². The molecule has 0 bridgehead atoms. The van der Waals surface area contributed by atoms with E-state index in [1.54, 1.807) is 16.7 Å². The highest BCUT2D eigenvalue weighted by molar-refractivity contribution is 5.83. The van der Waals surface area contributed by atoms with Crippen LogP contribution in [-0.2, 0) is 6.54 Å². The number of aryl methyl sites for hydroxylation is 1. The molecule has 0 saturated heterocycles. The molecule has 2 aromatic rings. The molecule has 0 unspecified atom stereocenters. The zero-order valence-electron chi connectivity index (χ0n) is 8.82. The summed E-state index contributed by atoms with van der Waals surface area (Å²) in [5.74, 6) is 0.131. The first-order chi connectivity index (χ1) is 7.13. The van der Waals surface area contributed by atoms with Crippen molar-refractivity contribution in [3.05, 3.63) is 40.3 Å². The van der Waals surface area contributed by atoms with Crippen LogP contribution >= 0.6 is 0 Å². The molecule has 0 spiro atoms. The summed E-state index contributed by atoms with van der Waals surface area (Å²) in [6, 6.07) is 6.83. The molecular weight excluding hydrogens is 190 g/mol. The second-order valence-electron chi connectivity index (χ2n) is 3.61. The maximum atomic E-state index is 12.0. The smallest absolute Gasteiger partial charge is 0.258 e. The van der Waals surface area contributed by atoms with Crippen LogP contribution in [0.3, 0.4) is 0 Å². The summed E-state index contributed by atoms with van der Waals surface area (Å²) in [4.78, 5) is 12.0. The average Bonchev–Trinajstić information content (AvgIpc) is 2.20. The first kappa shape index (κ1) is 9.77. The third-order valence-electron chi connectivity index (χ3n) is 2.62. The molecule has 3 heteroatoms. The number of aromatic hydroxyl groups is 1. The van der Waals surface area contributed by atoms with Crippen LogP contribution in [0.4, 0.5) is 0 Å². The molecule has 2 rings (SSSR count). The summed E-state index contributed by atoms with van der Waals surface area (Å²) in [6.07, 6.45) is 0. The van der Waals surface area contributed by atoms with Crippen LogP contribution in [0.5, 0.6) is 5.75 Å². The Kier molecular flexibility index (Phi) is 2.23. The number of rotatable bonds is 1. The Morgan fingerprint density at radius 1 is 1.33 bits per heavy atom. The Morgan fingerprint density at radius 3 is 2.73 bits per heavy atom. The van der Waals surface area contributed by atoms with Gasteiger partial charge in [0.2, 0.25) is 0 Å². The minimum Gasteiger partial charge on any atom is -0.508 e. The number of phenolic OH excluding ortho intramolecular Hbond substituents is 1. The maximum absolute atomic E-state index is 12.0. The number of benzene rings is 1. The zero-order chi connectivity index (χ0) is 11.0. The predicted molar refractivity (Wildman–Crippen MR) is 60.3 cm³/mol. The number of hydrogen-bond donors (Lipinski definition) is 1. The molecular formula is C12H13NO2. The SMILES string of the molecule is CCn1c(C)cc2ccc(O)cc2c1=O. The van der Waals surface area contributed by atoms with E-state index in [1.807, 2.05) is 19.9 Å². The van der Waals surface area contributed by atoms with E-state index in [2.05, 4.69) is 0 Å². The Bertz CT molecular complexity index is 570. The Morgan fingerprint density at radius 2 is 2.07 bits per heavy atom. The van der Waals surface area contributed by atoms with E-state index in [0.29, 0.717) is 11.9 Å². The van der Waals surface area contributed by atoms with Crippen LogP contribution in [0, 0.1) is 6.92 Å². The van der Waals surface area contributed by atoms with Crippen LogP contribution in [0.2, 0.25) is 0 Å². The fraction of sp³-hybridized carbons (Fsp3) is 0.250. The second-order valence-corrected chi connectivity index (χ2v) is 3.61. The van der Waals surface area contributed by atoms with Gasteiger partial charge < -0.3 is 9.67 Å². The van der Waals surface area contributed by atoms with Crippen molar-refractivity contribution in [3.8, 4) is 5.75 Å². The van der Waals surface area contributed by atoms with Gasteiger partial charge in [0.15, 0.2) is 0 Å². The topological polar surface area (TPSA) is 42.2 Å². The molecule has 0 atom stereocenters. The van der Waals surface area contributed by atoms with Gasteiger partial charge >= 0.3 is 0 Å². The lowest BCUT2D eigenvalue weighted by molar-refractivity contribution is 0.476. The van der Waals surface area contributed by atoms with Crippen LogP contribution in [0.25, 0.3) is 10.8 Å². The van der Waals surface area contributed by atoms with Crippen LogP contribution in [0.15, 0.2) is 29.1 Å². The van der Waals surface area contributed by atoms with Crippen molar-refractivity contribution in [2.45, 2.75) is 20.4 Å². The van der Waals surface area contributed by atoms with Crippen LogP contribution in [-0.4, -0.2) is 9.67 Å². The van der Waals surface area contributed by atoms with Crippen LogP contribution < -0.4 is 5.56 Å². The first-order valence-electron chi connectivity index (χ1n) is 4.96. The standard InChI is InChI=1S/C12H13NO2/c1-3-13-8(2)6-9-4-5-10(14)7-11(9)12(13)15/h4-7,14H,3H2,1-2H3. The third-order valence-corrected chi connectivity index (χ3v) is 2.62. The van der Waals surface area contributed by atoms with Gasteiger partial charge in [-0.1, -0.05) is 6.07 Å². The molecule has 0 radical (unpaired) electrons. The van der Waals surface area contributed by atoms with E-state index in [0.717, 1.165) is 11.1 Å². The molecule has 1 heterocycles. The van der Waals surface area contributed by atoms with Gasteiger partial charge in [0.05, 0.1) is 5.39 Å². The van der Waals surface area contributed by atoms with E-state index in [1.165, 1.54) is 6.07 Å². The Balaban J connectivity index is 2.92. The Hall–Kier alpha value is -1.77. The van der Waals surface area contributed by atoms with Crippen molar-refractivity contribution in [3.63, 3.8) is 0 Å². The minimum atomic E-state index is -0.0385. The van der Waals surface area contributed by atoms with Crippen molar-refractivity contribution in [1.29, 1.82) is 0 Å². The molecule has 0 amide bonds. The summed E-state index contributed by atoms with van der Waals surface area (Å²) in [7, 11) is 0. The van der Waals surface area contributed by atoms with E-state index in [9.17, 15) is 9.90 Å². The van der Waals surface area contributed by atoms with Gasteiger partial charge in [-0.25, -0.2) is 0 Å². The van der Waals surface area contributed by atoms with Crippen molar-refractivity contribution >= 4 is 10.8 Å². The quantitative estimate of drug-likeness (QED) is 0.770. The summed E-state index contributed by atoms with van der Waals surface area (Å²) in [5.41, 5.74) is 0.907. The maximum Gasteiger partial charge on any atom is 0.258 e. The third kappa shape index (κ3) is 1.50. The summed E-state index contributed by atoms with van der Waals surface area (Å²) >= 11 is 0. The van der Waals surface area contributed by atoms with Gasteiger partial charge in [-0.15, -0.1) is 0 Å². The van der Waals surface area contributed by atoms with Gasteiger partial charge in [-0.05, 0) is 37.4 Å². The molecule has 3 nitrogen and oxygen atoms in total. The number of phenols is 1. The molecule has 1 N–H and O–H groups in total. The summed E-state index contributed by atoms with van der Waals surface area (Å²) in [6.45, 7) is 4.50. The predicted octanol–water partition coefficient (Wildman–Crippen LogP) is 2.04. The van der Waals surface area contributed by atoms with Gasteiger partial charge in [0.25, 0.3) is 5.56 Å². The fourth-order valence-electron chi connectivity index (χ4n) is 1.86. The lowest BCUT2D eigenvalue weighted by Gasteiger charge is -2.08. The number of hydrogen-bond acceptors (Lipinski definition) is 2. The second kappa shape index (κ2) is 3.42. The van der Waals surface area contributed by atoms with Gasteiger partial charge in [-0.2, -0.15) is 0 Å². The number of aromatic nitrogens is 1. The molecule has 1 aromatic carbocycles. The normalized spacial score (nSPS) is 10.8. The average molecular weight is 203 g/mol. The van der Waals surface area contributed by atoms with Gasteiger partial charge in [0.1, 0.15) is 5.75 Å². The first-order valence-corrected chi connectivity index (χ1v) is 4.96. The van der Waals surface area contributed by atoms with E-state index in [4.69, 9.17) is 0 Å². The highest BCUT2D eigenvalue weighted by Gasteiger charge is 2.05. The van der Waals surface area contributed by atoms with Crippen molar-refractivity contribution in [2.75, 3.05) is 0 Å².